The number of carbonyl (C=O) groups is 2. The van der Waals surface area contributed by atoms with Crippen molar-refractivity contribution in [3.8, 4) is 0 Å². The van der Waals surface area contributed by atoms with E-state index in [0.29, 0.717) is 17.6 Å². The predicted molar refractivity (Wildman–Crippen MR) is 85.4 cm³/mol. The Hall–Kier alpha value is -1.90. The second-order valence-electron chi connectivity index (χ2n) is 7.22. The van der Waals surface area contributed by atoms with Gasteiger partial charge in [0, 0.05) is 6.42 Å². The molecular formula is C16H15N3O4S. The highest BCUT2D eigenvalue weighted by atomic mass is 32.1. The Bertz CT molecular complexity index is 914. The van der Waals surface area contributed by atoms with Gasteiger partial charge in [0.25, 0.3) is 0 Å². The highest BCUT2D eigenvalue weighted by molar-refractivity contribution is 7.00. The molecule has 3 fully saturated rings. The molecule has 0 saturated carbocycles. The van der Waals surface area contributed by atoms with Crippen LogP contribution in [-0.4, -0.2) is 43.0 Å². The third-order valence-electron chi connectivity index (χ3n) is 5.79. The van der Waals surface area contributed by atoms with E-state index in [4.69, 9.17) is 4.74 Å². The topological polar surface area (TPSA) is 92.6 Å². The van der Waals surface area contributed by atoms with Gasteiger partial charge >= 0.3 is 0 Å². The van der Waals surface area contributed by atoms with Gasteiger partial charge in [0.1, 0.15) is 16.6 Å². The van der Waals surface area contributed by atoms with Crippen molar-refractivity contribution < 1.29 is 19.4 Å². The number of anilines is 1. The van der Waals surface area contributed by atoms with Crippen molar-refractivity contribution in [3.05, 3.63) is 18.2 Å². The van der Waals surface area contributed by atoms with Gasteiger partial charge in [-0.1, -0.05) is 0 Å². The average molecular weight is 345 g/mol. The van der Waals surface area contributed by atoms with Crippen molar-refractivity contribution >= 4 is 40.3 Å². The molecular weight excluding hydrogens is 330 g/mol. The number of aromatic nitrogens is 2. The summed E-state index contributed by atoms with van der Waals surface area (Å²) in [5, 5.41) is 10.3. The summed E-state index contributed by atoms with van der Waals surface area (Å²) in [5.41, 5.74) is 0.0908. The Labute approximate surface area is 141 Å². The van der Waals surface area contributed by atoms with E-state index in [2.05, 4.69) is 8.75 Å². The summed E-state index contributed by atoms with van der Waals surface area (Å²) in [7, 11) is 0. The highest BCUT2D eigenvalue weighted by Crippen LogP contribution is 2.60. The molecule has 7 nitrogen and oxygen atoms in total. The minimum atomic E-state index is -1.01. The molecule has 3 saturated heterocycles. The molecule has 4 heterocycles. The Morgan fingerprint density at radius 1 is 1.21 bits per heavy atom. The standard InChI is InChI=1S/C16H15N3O4S/c1-15-6-10(20)16(2,23-15)12-11(15)13(21)19(14(12)22)7-3-4-8-9(5-7)18-24-17-8/h3-5,10-12,20H,6H2,1-2H3/t10-,11+,12-,15+,16-/m0/s1. The van der Waals surface area contributed by atoms with Gasteiger partial charge in [0.2, 0.25) is 11.8 Å². The molecule has 0 radical (unpaired) electrons. The fourth-order valence-electron chi connectivity index (χ4n) is 4.69. The number of nitrogens with zero attached hydrogens (tertiary/aromatic N) is 3. The van der Waals surface area contributed by atoms with E-state index in [-0.39, 0.29) is 11.8 Å². The first-order valence-corrected chi connectivity index (χ1v) is 8.56. The summed E-state index contributed by atoms with van der Waals surface area (Å²) in [6.45, 7) is 3.55. The number of aliphatic hydroxyl groups is 1. The molecule has 0 unspecified atom stereocenters. The number of aliphatic hydroxyl groups excluding tert-OH is 1. The third kappa shape index (κ3) is 1.49. The number of ether oxygens (including phenoxy) is 1. The lowest BCUT2D eigenvalue weighted by Crippen LogP contribution is -2.49. The maximum Gasteiger partial charge on any atom is 0.240 e. The molecule has 2 amide bonds. The Kier molecular flexibility index (Phi) is 2.52. The molecule has 5 rings (SSSR count). The van der Waals surface area contributed by atoms with Gasteiger partial charge in [-0.15, -0.1) is 0 Å². The van der Waals surface area contributed by atoms with Gasteiger partial charge in [0.05, 0.1) is 41.0 Å². The molecule has 24 heavy (non-hydrogen) atoms. The van der Waals surface area contributed by atoms with Crippen LogP contribution in [0.2, 0.25) is 0 Å². The third-order valence-corrected chi connectivity index (χ3v) is 6.35. The molecule has 3 aliphatic rings. The summed E-state index contributed by atoms with van der Waals surface area (Å²) < 4.78 is 14.3. The van der Waals surface area contributed by atoms with Crippen molar-refractivity contribution in [2.24, 2.45) is 11.8 Å². The zero-order valence-corrected chi connectivity index (χ0v) is 13.9. The monoisotopic (exact) mass is 345 g/mol. The molecule has 124 valence electrons. The Morgan fingerprint density at radius 3 is 2.71 bits per heavy atom. The zero-order chi connectivity index (χ0) is 16.9. The van der Waals surface area contributed by atoms with Gasteiger partial charge in [-0.05, 0) is 32.0 Å². The molecule has 0 spiro atoms. The van der Waals surface area contributed by atoms with Gasteiger partial charge in [-0.25, -0.2) is 4.90 Å². The van der Waals surface area contributed by atoms with Gasteiger partial charge in [0.15, 0.2) is 0 Å². The summed E-state index contributed by atoms with van der Waals surface area (Å²) in [4.78, 5) is 27.3. The van der Waals surface area contributed by atoms with Crippen molar-refractivity contribution in [2.45, 2.75) is 37.6 Å². The van der Waals surface area contributed by atoms with E-state index in [1.54, 1.807) is 25.1 Å². The molecule has 0 aliphatic carbocycles. The summed E-state index contributed by atoms with van der Waals surface area (Å²) >= 11 is 1.09. The predicted octanol–water partition coefficient (Wildman–Crippen LogP) is 1.11. The number of amides is 2. The number of fused-ring (bicyclic) bond motifs is 6. The van der Waals surface area contributed by atoms with Crippen LogP contribution in [0.4, 0.5) is 5.69 Å². The van der Waals surface area contributed by atoms with Crippen LogP contribution in [0.15, 0.2) is 18.2 Å². The van der Waals surface area contributed by atoms with Gasteiger partial charge in [-0.2, -0.15) is 8.75 Å². The van der Waals surface area contributed by atoms with E-state index in [1.807, 2.05) is 6.92 Å². The molecule has 8 heteroatoms. The largest absolute Gasteiger partial charge is 0.390 e. The fraction of sp³-hybridized carbons (Fsp3) is 0.500. The van der Waals surface area contributed by atoms with Crippen LogP contribution in [0.25, 0.3) is 11.0 Å². The minimum absolute atomic E-state index is 0.259. The lowest BCUT2D eigenvalue weighted by molar-refractivity contribution is -0.132. The van der Waals surface area contributed by atoms with Crippen LogP contribution >= 0.6 is 11.7 Å². The number of benzene rings is 1. The van der Waals surface area contributed by atoms with Gasteiger partial charge in [-0.3, -0.25) is 9.59 Å². The minimum Gasteiger partial charge on any atom is -0.390 e. The molecule has 1 N–H and O–H groups in total. The van der Waals surface area contributed by atoms with Crippen LogP contribution in [0, 0.1) is 11.8 Å². The lowest BCUT2D eigenvalue weighted by atomic mass is 9.67. The molecule has 5 atom stereocenters. The number of carbonyl (C=O) groups excluding carboxylic acids is 2. The second kappa shape index (κ2) is 4.19. The van der Waals surface area contributed by atoms with E-state index in [9.17, 15) is 14.7 Å². The van der Waals surface area contributed by atoms with Crippen LogP contribution < -0.4 is 4.90 Å². The number of hydrogen-bond donors (Lipinski definition) is 1. The van der Waals surface area contributed by atoms with E-state index < -0.39 is 29.1 Å². The van der Waals surface area contributed by atoms with E-state index in [1.165, 1.54) is 4.90 Å². The number of rotatable bonds is 1. The molecule has 1 aromatic heterocycles. The first-order valence-electron chi connectivity index (χ1n) is 7.83. The summed E-state index contributed by atoms with van der Waals surface area (Å²) in [6.07, 6.45) is -0.377. The summed E-state index contributed by atoms with van der Waals surface area (Å²) in [5.74, 6) is -1.77. The maximum atomic E-state index is 13.0. The first-order chi connectivity index (χ1) is 11.3. The molecule has 3 aliphatic heterocycles. The SMILES string of the molecule is C[C@]12O[C@](C)(C[C@@H]1O)[C@H]1C(=O)N(c3ccc4nsnc4c3)C(=O)[C@H]12. The normalized spacial score (nSPS) is 40.8. The number of hydrogen-bond acceptors (Lipinski definition) is 7. The van der Waals surface area contributed by atoms with Crippen molar-refractivity contribution in [2.75, 3.05) is 4.90 Å². The molecule has 2 bridgehead atoms. The van der Waals surface area contributed by atoms with Crippen molar-refractivity contribution in [3.63, 3.8) is 0 Å². The molecule has 1 aromatic carbocycles. The van der Waals surface area contributed by atoms with Crippen LogP contribution in [0.1, 0.15) is 20.3 Å². The Balaban J connectivity index is 1.63. The number of imide groups is 1. The smallest absolute Gasteiger partial charge is 0.240 e. The van der Waals surface area contributed by atoms with E-state index >= 15 is 0 Å². The van der Waals surface area contributed by atoms with E-state index in [0.717, 1.165) is 17.2 Å². The lowest BCUT2D eigenvalue weighted by Gasteiger charge is -2.31. The van der Waals surface area contributed by atoms with Crippen molar-refractivity contribution in [1.82, 2.24) is 8.75 Å². The fourth-order valence-corrected chi connectivity index (χ4v) is 5.20. The Morgan fingerprint density at radius 2 is 1.92 bits per heavy atom. The van der Waals surface area contributed by atoms with Crippen molar-refractivity contribution in [1.29, 1.82) is 0 Å². The first kappa shape index (κ1) is 14.4. The van der Waals surface area contributed by atoms with Gasteiger partial charge < -0.3 is 9.84 Å². The van der Waals surface area contributed by atoms with Crippen LogP contribution in [0.3, 0.4) is 0 Å². The van der Waals surface area contributed by atoms with Crippen LogP contribution in [-0.2, 0) is 14.3 Å². The highest BCUT2D eigenvalue weighted by Gasteiger charge is 2.75. The maximum absolute atomic E-state index is 13.0. The van der Waals surface area contributed by atoms with Crippen LogP contribution in [0.5, 0.6) is 0 Å². The average Bonchev–Trinajstić information content (AvgIpc) is 3.19. The quantitative estimate of drug-likeness (QED) is 0.779. The summed E-state index contributed by atoms with van der Waals surface area (Å²) in [6, 6.07) is 5.18. The molecule has 2 aromatic rings. The zero-order valence-electron chi connectivity index (χ0n) is 13.1. The second-order valence-corrected chi connectivity index (χ2v) is 7.75.